The second-order valence-corrected chi connectivity index (χ2v) is 5.60. The van der Waals surface area contributed by atoms with E-state index in [0.717, 1.165) is 6.42 Å². The predicted molar refractivity (Wildman–Crippen MR) is 66.9 cm³/mol. The van der Waals surface area contributed by atoms with E-state index in [9.17, 15) is 4.79 Å². The number of aromatic nitrogens is 1. The Kier molecular flexibility index (Phi) is 5.28. The van der Waals surface area contributed by atoms with E-state index >= 15 is 0 Å². The molecule has 0 spiro atoms. The van der Waals surface area contributed by atoms with Gasteiger partial charge >= 0.3 is 6.09 Å². The summed E-state index contributed by atoms with van der Waals surface area (Å²) in [6.45, 7) is 4.19. The monoisotopic (exact) mass is 258 g/mol. The minimum Gasteiger partial charge on any atom is -0.391 e. The average Bonchev–Trinajstić information content (AvgIpc) is 2.29. The summed E-state index contributed by atoms with van der Waals surface area (Å²) >= 11 is 5.66. The zero-order chi connectivity index (χ0) is 12.0. The van der Waals surface area contributed by atoms with Gasteiger partial charge in [0, 0.05) is 27.4 Å². The summed E-state index contributed by atoms with van der Waals surface area (Å²) in [5.41, 5.74) is 0.278. The normalized spacial score (nSPS) is 12.7. The van der Waals surface area contributed by atoms with Gasteiger partial charge < -0.3 is 10.1 Å². The van der Waals surface area contributed by atoms with Crippen molar-refractivity contribution >= 4 is 27.2 Å². The summed E-state index contributed by atoms with van der Waals surface area (Å²) in [4.78, 5) is 15.3. The first-order valence-electron chi connectivity index (χ1n) is 5.25. The number of carbonyl (C=O) groups excluding carboxylic acids is 1. The highest BCUT2D eigenvalue weighted by atomic mass is 35.5. The number of nitrogens with zero attached hydrogens (tertiary/aromatic N) is 1. The maximum Gasteiger partial charge on any atom is 0.413 e. The van der Waals surface area contributed by atoms with E-state index in [0.29, 0.717) is 5.02 Å². The third kappa shape index (κ3) is 4.20. The minimum atomic E-state index is -0.448. The Hall–Kier alpha value is -1.07. The number of carbonyl (C=O) groups is 1. The molecule has 1 aromatic rings. The smallest absolute Gasteiger partial charge is 0.391 e. The number of ether oxygens (including phenoxy) is 1. The van der Waals surface area contributed by atoms with Crippen LogP contribution in [-0.4, -0.2) is 26.3 Å². The molecule has 0 aromatic carbocycles. The van der Waals surface area contributed by atoms with Crippen molar-refractivity contribution in [3.8, 4) is 5.88 Å². The van der Waals surface area contributed by atoms with Crippen molar-refractivity contribution in [3.63, 3.8) is 0 Å². The highest BCUT2D eigenvalue weighted by molar-refractivity contribution is 6.36. The first kappa shape index (κ1) is 13.0. The van der Waals surface area contributed by atoms with Gasteiger partial charge in [-0.2, -0.15) is 0 Å². The summed E-state index contributed by atoms with van der Waals surface area (Å²) < 4.78 is 5.01. The molecule has 1 unspecified atom stereocenters. The van der Waals surface area contributed by atoms with Gasteiger partial charge in [0.25, 0.3) is 0 Å². The summed E-state index contributed by atoms with van der Waals surface area (Å²) in [6.07, 6.45) is 1.93. The number of amides is 1. The lowest BCUT2D eigenvalue weighted by molar-refractivity contribution is 0.197. The molecule has 1 rings (SSSR count). The molecule has 4 nitrogen and oxygen atoms in total. The Morgan fingerprint density at radius 2 is 2.44 bits per heavy atom. The van der Waals surface area contributed by atoms with Crippen LogP contribution < -0.4 is 10.1 Å². The molecule has 0 bridgehead atoms. The van der Waals surface area contributed by atoms with E-state index in [-0.39, 0.29) is 21.1 Å². The van der Waals surface area contributed by atoms with Crippen LogP contribution in [0.25, 0.3) is 0 Å². The van der Waals surface area contributed by atoms with Crippen LogP contribution in [-0.2, 0) is 0 Å². The molecule has 88 valence electrons. The van der Waals surface area contributed by atoms with Crippen LogP contribution in [0.15, 0.2) is 18.3 Å². The molecule has 0 radical (unpaired) electrons. The third-order valence-electron chi connectivity index (χ3n) is 2.21. The largest absolute Gasteiger partial charge is 0.413 e. The van der Waals surface area contributed by atoms with Crippen LogP contribution in [0.2, 0.25) is 11.6 Å². The van der Waals surface area contributed by atoms with Gasteiger partial charge in [0.1, 0.15) is 0 Å². The molecular formula is C10H15ClN2O2Si. The maximum absolute atomic E-state index is 11.4. The molecule has 0 aliphatic heterocycles. The SMILES string of the molecule is CCC(NC(=O)Oc1ccc(Cl)cn1)[SiH2]C. The second kappa shape index (κ2) is 6.50. The van der Waals surface area contributed by atoms with E-state index in [1.165, 1.54) is 6.20 Å². The minimum absolute atomic E-state index is 0.259. The van der Waals surface area contributed by atoms with Crippen molar-refractivity contribution in [2.75, 3.05) is 0 Å². The van der Waals surface area contributed by atoms with Crippen molar-refractivity contribution < 1.29 is 9.53 Å². The molecule has 1 atom stereocenters. The molecule has 0 saturated heterocycles. The van der Waals surface area contributed by atoms with Crippen LogP contribution in [0, 0.1) is 0 Å². The number of pyridine rings is 1. The first-order chi connectivity index (χ1) is 7.65. The Bertz CT molecular complexity index is 341. The fourth-order valence-corrected chi connectivity index (χ4v) is 2.27. The van der Waals surface area contributed by atoms with Gasteiger partial charge in [-0.05, 0) is 12.5 Å². The van der Waals surface area contributed by atoms with E-state index in [4.69, 9.17) is 16.3 Å². The predicted octanol–water partition coefficient (Wildman–Crippen LogP) is 1.78. The molecule has 1 heterocycles. The van der Waals surface area contributed by atoms with Gasteiger partial charge in [-0.25, -0.2) is 9.78 Å². The lowest BCUT2D eigenvalue weighted by Gasteiger charge is -2.13. The van der Waals surface area contributed by atoms with Gasteiger partial charge in [-0.1, -0.05) is 25.1 Å². The van der Waals surface area contributed by atoms with Gasteiger partial charge in [0.2, 0.25) is 5.88 Å². The second-order valence-electron chi connectivity index (χ2n) is 3.36. The molecule has 1 aromatic heterocycles. The third-order valence-corrected chi connectivity index (χ3v) is 4.20. The van der Waals surface area contributed by atoms with Gasteiger partial charge in [0.15, 0.2) is 0 Å². The fraction of sp³-hybridized carbons (Fsp3) is 0.400. The van der Waals surface area contributed by atoms with Crippen LogP contribution in [0.1, 0.15) is 13.3 Å². The Balaban J connectivity index is 2.48. The van der Waals surface area contributed by atoms with Crippen molar-refractivity contribution in [2.45, 2.75) is 25.6 Å². The van der Waals surface area contributed by atoms with Gasteiger partial charge in [0.05, 0.1) is 5.02 Å². The number of hydrogen-bond acceptors (Lipinski definition) is 3. The van der Waals surface area contributed by atoms with Crippen LogP contribution in [0.3, 0.4) is 0 Å². The summed E-state index contributed by atoms with van der Waals surface area (Å²) in [6, 6.07) is 3.19. The topological polar surface area (TPSA) is 51.2 Å². The summed E-state index contributed by atoms with van der Waals surface area (Å²) in [5.74, 6) is 0.259. The summed E-state index contributed by atoms with van der Waals surface area (Å²) in [5, 5.41) is 3.32. The molecule has 0 aliphatic rings. The van der Waals surface area contributed by atoms with Crippen molar-refractivity contribution in [2.24, 2.45) is 0 Å². The zero-order valence-corrected chi connectivity index (χ0v) is 11.5. The van der Waals surface area contributed by atoms with E-state index < -0.39 is 6.09 Å². The molecular weight excluding hydrogens is 244 g/mol. The zero-order valence-electron chi connectivity index (χ0n) is 9.37. The Labute approximate surface area is 102 Å². The maximum atomic E-state index is 11.4. The standard InChI is InChI=1S/C10H15ClN2O2Si/c1-3-9(16-2)13-10(14)15-8-5-4-7(11)6-12-8/h4-6,9H,3,16H2,1-2H3,(H,13,14). The Morgan fingerprint density at radius 3 is 2.94 bits per heavy atom. The first-order valence-corrected chi connectivity index (χ1v) is 7.86. The fourth-order valence-electron chi connectivity index (χ4n) is 1.21. The van der Waals surface area contributed by atoms with Crippen LogP contribution in [0.4, 0.5) is 4.79 Å². The highest BCUT2D eigenvalue weighted by Gasteiger charge is 2.10. The molecule has 0 aliphatic carbocycles. The van der Waals surface area contributed by atoms with E-state index in [1.54, 1.807) is 12.1 Å². The lowest BCUT2D eigenvalue weighted by Crippen LogP contribution is -2.39. The van der Waals surface area contributed by atoms with Gasteiger partial charge in [-0.3, -0.25) is 0 Å². The van der Waals surface area contributed by atoms with E-state index in [1.807, 2.05) is 6.92 Å². The van der Waals surface area contributed by atoms with Crippen LogP contribution >= 0.6 is 11.6 Å². The number of rotatable bonds is 4. The lowest BCUT2D eigenvalue weighted by atomic mass is 10.5. The Morgan fingerprint density at radius 1 is 1.69 bits per heavy atom. The number of hydrogen-bond donors (Lipinski definition) is 1. The van der Waals surface area contributed by atoms with Gasteiger partial charge in [-0.15, -0.1) is 0 Å². The van der Waals surface area contributed by atoms with Crippen molar-refractivity contribution in [1.29, 1.82) is 0 Å². The summed E-state index contributed by atoms with van der Waals surface area (Å²) in [7, 11) is -0.264. The van der Waals surface area contributed by atoms with Crippen LogP contribution in [0.5, 0.6) is 5.88 Å². The van der Waals surface area contributed by atoms with Crippen molar-refractivity contribution in [3.05, 3.63) is 23.4 Å². The molecule has 6 heteroatoms. The number of halogens is 1. The van der Waals surface area contributed by atoms with Crippen molar-refractivity contribution in [1.82, 2.24) is 10.3 Å². The molecule has 1 amide bonds. The van der Waals surface area contributed by atoms with E-state index in [2.05, 4.69) is 16.8 Å². The molecule has 16 heavy (non-hydrogen) atoms. The quantitative estimate of drug-likeness (QED) is 0.838. The molecule has 0 fully saturated rings. The molecule has 1 N–H and O–H groups in total. The highest BCUT2D eigenvalue weighted by Crippen LogP contribution is 2.11. The number of nitrogens with one attached hydrogen (secondary N) is 1. The average molecular weight is 259 g/mol. The molecule has 0 saturated carbocycles.